The predicted molar refractivity (Wildman–Crippen MR) is 121 cm³/mol. The van der Waals surface area contributed by atoms with Crippen molar-refractivity contribution in [1.29, 1.82) is 0 Å². The van der Waals surface area contributed by atoms with Gasteiger partial charge in [0.2, 0.25) is 0 Å². The van der Waals surface area contributed by atoms with E-state index in [1.54, 1.807) is 26.8 Å². The molecule has 0 unspecified atom stereocenters. The van der Waals surface area contributed by atoms with Crippen LogP contribution < -0.4 is 15.4 Å². The van der Waals surface area contributed by atoms with Gasteiger partial charge in [0.1, 0.15) is 22.9 Å². The van der Waals surface area contributed by atoms with E-state index in [0.29, 0.717) is 5.69 Å². The molecule has 3 rings (SSSR count). The molecule has 0 aliphatic rings. The van der Waals surface area contributed by atoms with E-state index >= 15 is 0 Å². The Balaban J connectivity index is 1.91. The zero-order chi connectivity index (χ0) is 24.9. The number of carbonyl (C=O) groups excluding carboxylic acids is 1. The van der Waals surface area contributed by atoms with Gasteiger partial charge in [-0.3, -0.25) is 5.32 Å². The van der Waals surface area contributed by atoms with E-state index in [2.05, 4.69) is 25.8 Å². The molecule has 1 amide bonds. The van der Waals surface area contributed by atoms with Gasteiger partial charge >= 0.3 is 6.09 Å². The van der Waals surface area contributed by atoms with Crippen LogP contribution in [0.4, 0.5) is 35.2 Å². The van der Waals surface area contributed by atoms with Crippen LogP contribution in [0, 0.1) is 5.82 Å². The zero-order valence-electron chi connectivity index (χ0n) is 18.4. The normalized spacial score (nSPS) is 11.3. The minimum Gasteiger partial charge on any atom is -0.469 e. The molecule has 180 valence electrons. The second-order valence-electron chi connectivity index (χ2n) is 7.96. The van der Waals surface area contributed by atoms with Crippen molar-refractivity contribution in [2.45, 2.75) is 32.8 Å². The smallest absolute Gasteiger partial charge is 0.413 e. The summed E-state index contributed by atoms with van der Waals surface area (Å²) in [6.07, 6.45) is -2.05. The van der Waals surface area contributed by atoms with E-state index in [-0.39, 0.29) is 33.7 Å². The molecule has 2 N–H and O–H groups in total. The number of nitrogens with one attached hydrogen (secondary N) is 2. The van der Waals surface area contributed by atoms with Gasteiger partial charge in [-0.15, -0.1) is 10.2 Å². The lowest BCUT2D eigenvalue weighted by molar-refractivity contribution is 0.0635. The number of nitrogens with zero attached hydrogens (tertiary/aromatic N) is 3. The first-order valence-electron chi connectivity index (χ1n) is 9.97. The fourth-order valence-corrected chi connectivity index (χ4v) is 2.86. The van der Waals surface area contributed by atoms with Crippen molar-refractivity contribution >= 4 is 34.9 Å². The van der Waals surface area contributed by atoms with Gasteiger partial charge in [0.05, 0.1) is 5.69 Å². The fraction of sp³-hybridized carbons (Fsp3) is 0.273. The number of hydrogen-bond acceptors (Lipinski definition) is 7. The Labute approximate surface area is 198 Å². The van der Waals surface area contributed by atoms with Crippen LogP contribution in [-0.4, -0.2) is 39.9 Å². The van der Waals surface area contributed by atoms with Gasteiger partial charge in [-0.1, -0.05) is 11.6 Å². The van der Waals surface area contributed by atoms with Gasteiger partial charge in [-0.05, 0) is 51.1 Å². The Morgan fingerprint density at radius 3 is 2.62 bits per heavy atom. The molecular weight excluding hydrogens is 475 g/mol. The summed E-state index contributed by atoms with van der Waals surface area (Å²) >= 11 is 5.96. The van der Waals surface area contributed by atoms with Crippen LogP contribution >= 0.6 is 11.6 Å². The SMILES string of the molecule is CC(C)(C)OC(=O)Nc1cc(Nc2cc(-c3cc(Cl)ccc3F)nnc2OCC(F)F)ccn1. The maximum Gasteiger partial charge on any atom is 0.413 e. The number of hydrogen-bond donors (Lipinski definition) is 2. The Morgan fingerprint density at radius 2 is 1.91 bits per heavy atom. The molecule has 0 spiro atoms. The summed E-state index contributed by atoms with van der Waals surface area (Å²) in [5, 5.41) is 13.4. The molecular formula is C22H21ClF3N5O3. The van der Waals surface area contributed by atoms with E-state index in [9.17, 15) is 18.0 Å². The number of aromatic nitrogens is 3. The summed E-state index contributed by atoms with van der Waals surface area (Å²) in [5.74, 6) is -0.666. The number of carbonyl (C=O) groups is 1. The highest BCUT2D eigenvalue weighted by Gasteiger charge is 2.18. The predicted octanol–water partition coefficient (Wildman–Crippen LogP) is 6.07. The van der Waals surface area contributed by atoms with Gasteiger partial charge in [0.25, 0.3) is 12.3 Å². The Hall–Kier alpha value is -3.60. The van der Waals surface area contributed by atoms with Crippen molar-refractivity contribution in [2.24, 2.45) is 0 Å². The quantitative estimate of drug-likeness (QED) is 0.410. The van der Waals surface area contributed by atoms with Crippen molar-refractivity contribution < 1.29 is 27.4 Å². The lowest BCUT2D eigenvalue weighted by atomic mass is 10.1. The monoisotopic (exact) mass is 495 g/mol. The topological polar surface area (TPSA) is 98.3 Å². The van der Waals surface area contributed by atoms with Crippen LogP contribution in [0.25, 0.3) is 11.3 Å². The van der Waals surface area contributed by atoms with E-state index < -0.39 is 30.5 Å². The maximum atomic E-state index is 14.3. The number of benzene rings is 1. The van der Waals surface area contributed by atoms with Crippen LogP contribution in [0.15, 0.2) is 42.6 Å². The third kappa shape index (κ3) is 7.20. The highest BCUT2D eigenvalue weighted by atomic mass is 35.5. The molecule has 34 heavy (non-hydrogen) atoms. The second-order valence-corrected chi connectivity index (χ2v) is 8.39. The van der Waals surface area contributed by atoms with Gasteiger partial charge in [0, 0.05) is 28.5 Å². The number of pyridine rings is 1. The van der Waals surface area contributed by atoms with Crippen molar-refractivity contribution in [1.82, 2.24) is 15.2 Å². The van der Waals surface area contributed by atoms with E-state index in [4.69, 9.17) is 21.1 Å². The Kier molecular flexibility index (Phi) is 7.77. The minimum absolute atomic E-state index is 0.0606. The number of rotatable bonds is 7. The van der Waals surface area contributed by atoms with Crippen LogP contribution in [0.3, 0.4) is 0 Å². The summed E-state index contributed by atoms with van der Waals surface area (Å²) in [7, 11) is 0. The van der Waals surface area contributed by atoms with Crippen molar-refractivity contribution in [3.8, 4) is 17.1 Å². The maximum absolute atomic E-state index is 14.3. The molecule has 0 atom stereocenters. The lowest BCUT2D eigenvalue weighted by Crippen LogP contribution is -2.27. The highest BCUT2D eigenvalue weighted by Crippen LogP contribution is 2.32. The van der Waals surface area contributed by atoms with Gasteiger partial charge in [0.15, 0.2) is 6.61 Å². The second kappa shape index (κ2) is 10.6. The largest absolute Gasteiger partial charge is 0.469 e. The molecule has 2 aromatic heterocycles. The highest BCUT2D eigenvalue weighted by molar-refractivity contribution is 6.30. The number of amides is 1. The number of halogens is 4. The van der Waals surface area contributed by atoms with E-state index in [0.717, 1.165) is 0 Å². The Morgan fingerprint density at radius 1 is 1.15 bits per heavy atom. The Bertz CT molecular complexity index is 1170. The van der Waals surface area contributed by atoms with Crippen LogP contribution in [-0.2, 0) is 4.74 Å². The number of anilines is 3. The molecule has 12 heteroatoms. The van der Waals surface area contributed by atoms with Gasteiger partial charge in [-0.25, -0.2) is 22.9 Å². The van der Waals surface area contributed by atoms with Crippen molar-refractivity contribution in [3.05, 3.63) is 53.4 Å². The third-order valence-electron chi connectivity index (χ3n) is 3.98. The molecule has 0 aliphatic heterocycles. The van der Waals surface area contributed by atoms with Crippen LogP contribution in [0.2, 0.25) is 5.02 Å². The molecule has 0 saturated heterocycles. The summed E-state index contributed by atoms with van der Waals surface area (Å²) in [5.41, 5.74) is -0.0301. The fourth-order valence-electron chi connectivity index (χ4n) is 2.68. The molecule has 8 nitrogen and oxygen atoms in total. The van der Waals surface area contributed by atoms with Crippen LogP contribution in [0.5, 0.6) is 5.88 Å². The van der Waals surface area contributed by atoms with E-state index in [1.807, 2.05) is 0 Å². The average molecular weight is 496 g/mol. The molecule has 0 aliphatic carbocycles. The minimum atomic E-state index is -2.75. The molecule has 1 aromatic carbocycles. The molecule has 0 saturated carbocycles. The lowest BCUT2D eigenvalue weighted by Gasteiger charge is -2.19. The summed E-state index contributed by atoms with van der Waals surface area (Å²) in [6.45, 7) is 4.23. The summed E-state index contributed by atoms with van der Waals surface area (Å²) in [4.78, 5) is 16.1. The first-order valence-corrected chi connectivity index (χ1v) is 10.3. The zero-order valence-corrected chi connectivity index (χ0v) is 19.2. The first kappa shape index (κ1) is 25.0. The number of ether oxygens (including phenoxy) is 2. The standard InChI is InChI=1S/C22H21ClF3N5O3/c1-22(2,3)34-21(32)29-19-9-13(6-7-27-19)28-17-10-16(14-8-12(23)4-5-15(14)24)30-31-20(17)33-11-18(25)26/h4-10,18H,11H2,1-3H3,(H2,27,28,29,30,32). The summed E-state index contributed by atoms with van der Waals surface area (Å²) < 4.78 is 50.0. The average Bonchev–Trinajstić information content (AvgIpc) is 2.73. The molecule has 0 bridgehead atoms. The van der Waals surface area contributed by atoms with Gasteiger partial charge < -0.3 is 14.8 Å². The molecule has 2 heterocycles. The molecule has 3 aromatic rings. The molecule has 0 radical (unpaired) electrons. The third-order valence-corrected chi connectivity index (χ3v) is 4.21. The van der Waals surface area contributed by atoms with Crippen LogP contribution in [0.1, 0.15) is 20.8 Å². The number of alkyl halides is 2. The van der Waals surface area contributed by atoms with Crippen molar-refractivity contribution in [3.63, 3.8) is 0 Å². The van der Waals surface area contributed by atoms with Crippen molar-refractivity contribution in [2.75, 3.05) is 17.2 Å². The first-order chi connectivity index (χ1) is 16.0. The van der Waals surface area contributed by atoms with Gasteiger partial charge in [-0.2, -0.15) is 0 Å². The van der Waals surface area contributed by atoms with E-state index in [1.165, 1.54) is 36.5 Å². The molecule has 0 fully saturated rings. The summed E-state index contributed by atoms with van der Waals surface area (Å²) in [6, 6.07) is 8.32.